The zero-order valence-corrected chi connectivity index (χ0v) is 12.0. The maximum absolute atomic E-state index is 11.6. The van der Waals surface area contributed by atoms with Gasteiger partial charge in [0.25, 0.3) is 5.91 Å². The Kier molecular flexibility index (Phi) is 3.66. The molecule has 104 valence electrons. The van der Waals surface area contributed by atoms with Crippen molar-refractivity contribution >= 4 is 23.0 Å². The van der Waals surface area contributed by atoms with Crippen molar-refractivity contribution in [3.63, 3.8) is 0 Å². The Bertz CT molecular complexity index is 645. The van der Waals surface area contributed by atoms with Gasteiger partial charge < -0.3 is 16.4 Å². The van der Waals surface area contributed by atoms with Gasteiger partial charge in [0.05, 0.1) is 11.3 Å². The van der Waals surface area contributed by atoms with E-state index in [9.17, 15) is 4.79 Å². The van der Waals surface area contributed by atoms with E-state index in [-0.39, 0.29) is 0 Å². The quantitative estimate of drug-likeness (QED) is 0.841. The van der Waals surface area contributed by atoms with Crippen LogP contribution in [0, 0.1) is 13.8 Å². The fourth-order valence-electron chi connectivity index (χ4n) is 2.33. The van der Waals surface area contributed by atoms with Crippen molar-refractivity contribution in [3.05, 3.63) is 53.1 Å². The molecule has 4 nitrogen and oxygen atoms in total. The van der Waals surface area contributed by atoms with E-state index in [1.165, 1.54) is 11.1 Å². The van der Waals surface area contributed by atoms with Crippen LogP contribution >= 0.6 is 0 Å². The second kappa shape index (κ2) is 5.25. The number of carbonyl (C=O) groups excluding carboxylic acids is 1. The number of primary amides is 1. The summed E-state index contributed by atoms with van der Waals surface area (Å²) in [7, 11) is 1.91. The highest BCUT2D eigenvalue weighted by Crippen LogP contribution is 2.29. The van der Waals surface area contributed by atoms with Gasteiger partial charge in [0, 0.05) is 18.4 Å². The van der Waals surface area contributed by atoms with Gasteiger partial charge in [-0.3, -0.25) is 4.79 Å². The maximum atomic E-state index is 11.6. The van der Waals surface area contributed by atoms with Gasteiger partial charge in [-0.1, -0.05) is 6.07 Å². The number of benzene rings is 2. The SMILES string of the molecule is Cc1cc(C)cc(N(C)c2ccc(N)cc2C(N)=O)c1. The molecule has 0 aliphatic rings. The Morgan fingerprint density at radius 2 is 1.65 bits per heavy atom. The summed E-state index contributed by atoms with van der Waals surface area (Å²) >= 11 is 0. The number of amides is 1. The molecule has 2 rings (SSSR count). The van der Waals surface area contributed by atoms with E-state index in [1.54, 1.807) is 12.1 Å². The third kappa shape index (κ3) is 2.74. The molecule has 4 heteroatoms. The van der Waals surface area contributed by atoms with Gasteiger partial charge in [-0.15, -0.1) is 0 Å². The summed E-state index contributed by atoms with van der Waals surface area (Å²) in [5.41, 5.74) is 16.2. The summed E-state index contributed by atoms with van der Waals surface area (Å²) in [6.45, 7) is 4.09. The second-order valence-electron chi connectivity index (χ2n) is 5.05. The van der Waals surface area contributed by atoms with Gasteiger partial charge in [-0.2, -0.15) is 0 Å². The van der Waals surface area contributed by atoms with Gasteiger partial charge in [-0.25, -0.2) is 0 Å². The minimum atomic E-state index is -0.483. The Labute approximate surface area is 119 Å². The van der Waals surface area contributed by atoms with Crippen molar-refractivity contribution in [2.24, 2.45) is 5.73 Å². The molecule has 0 aliphatic heterocycles. The zero-order valence-electron chi connectivity index (χ0n) is 12.0. The van der Waals surface area contributed by atoms with Crippen molar-refractivity contribution in [1.29, 1.82) is 0 Å². The van der Waals surface area contributed by atoms with Crippen LogP contribution in [-0.2, 0) is 0 Å². The van der Waals surface area contributed by atoms with E-state index in [0.717, 1.165) is 11.4 Å². The summed E-state index contributed by atoms with van der Waals surface area (Å²) in [6, 6.07) is 11.4. The molecule has 0 saturated heterocycles. The van der Waals surface area contributed by atoms with Crippen LogP contribution in [0.3, 0.4) is 0 Å². The molecule has 0 spiro atoms. The molecular weight excluding hydrogens is 250 g/mol. The third-order valence-corrected chi connectivity index (χ3v) is 3.24. The largest absolute Gasteiger partial charge is 0.399 e. The van der Waals surface area contributed by atoms with E-state index in [4.69, 9.17) is 11.5 Å². The molecule has 0 saturated carbocycles. The number of nitrogens with two attached hydrogens (primary N) is 2. The maximum Gasteiger partial charge on any atom is 0.250 e. The summed E-state index contributed by atoms with van der Waals surface area (Å²) in [6.07, 6.45) is 0. The number of aryl methyl sites for hydroxylation is 2. The van der Waals surface area contributed by atoms with E-state index in [1.807, 2.05) is 31.9 Å². The molecule has 0 fully saturated rings. The zero-order chi connectivity index (χ0) is 14.9. The molecule has 0 radical (unpaired) electrons. The van der Waals surface area contributed by atoms with Crippen LogP contribution in [0.15, 0.2) is 36.4 Å². The number of carbonyl (C=O) groups is 1. The number of anilines is 3. The van der Waals surface area contributed by atoms with Crippen LogP contribution in [0.5, 0.6) is 0 Å². The first-order chi connectivity index (χ1) is 9.38. The molecule has 0 atom stereocenters. The van der Waals surface area contributed by atoms with Crippen LogP contribution in [0.2, 0.25) is 0 Å². The predicted molar refractivity (Wildman–Crippen MR) is 83.4 cm³/mol. The highest BCUT2D eigenvalue weighted by atomic mass is 16.1. The van der Waals surface area contributed by atoms with E-state index < -0.39 is 5.91 Å². The topological polar surface area (TPSA) is 72.3 Å². The van der Waals surface area contributed by atoms with Crippen molar-refractivity contribution in [3.8, 4) is 0 Å². The lowest BCUT2D eigenvalue weighted by Crippen LogP contribution is -2.19. The first kappa shape index (κ1) is 13.9. The summed E-state index contributed by atoms with van der Waals surface area (Å²) < 4.78 is 0. The molecule has 20 heavy (non-hydrogen) atoms. The number of hydrogen-bond donors (Lipinski definition) is 2. The Hall–Kier alpha value is -2.49. The standard InChI is InChI=1S/C16H19N3O/c1-10-6-11(2)8-13(7-10)19(3)15-5-4-12(17)9-14(15)16(18)20/h4-9H,17H2,1-3H3,(H2,18,20). The number of nitrogen functional groups attached to an aromatic ring is 1. The van der Waals surface area contributed by atoms with Crippen molar-refractivity contribution in [2.45, 2.75) is 13.8 Å². The summed E-state index contributed by atoms with van der Waals surface area (Å²) in [5.74, 6) is -0.483. The molecule has 0 aliphatic carbocycles. The average Bonchev–Trinajstić information content (AvgIpc) is 2.36. The normalized spacial score (nSPS) is 10.3. The molecule has 0 bridgehead atoms. The number of nitrogens with zero attached hydrogens (tertiary/aromatic N) is 1. The van der Waals surface area contributed by atoms with Crippen LogP contribution in [-0.4, -0.2) is 13.0 Å². The lowest BCUT2D eigenvalue weighted by Gasteiger charge is -2.23. The highest BCUT2D eigenvalue weighted by Gasteiger charge is 2.14. The number of hydrogen-bond acceptors (Lipinski definition) is 3. The Morgan fingerprint density at radius 1 is 1.05 bits per heavy atom. The molecular formula is C16H19N3O. The highest BCUT2D eigenvalue weighted by molar-refractivity contribution is 6.00. The van der Waals surface area contributed by atoms with E-state index in [2.05, 4.69) is 18.2 Å². The van der Waals surface area contributed by atoms with Crippen LogP contribution in [0.25, 0.3) is 0 Å². The second-order valence-corrected chi connectivity index (χ2v) is 5.05. The Morgan fingerprint density at radius 3 is 2.20 bits per heavy atom. The van der Waals surface area contributed by atoms with Crippen molar-refractivity contribution < 1.29 is 4.79 Å². The van der Waals surface area contributed by atoms with Crippen molar-refractivity contribution in [2.75, 3.05) is 17.7 Å². The molecule has 2 aromatic rings. The van der Waals surface area contributed by atoms with E-state index in [0.29, 0.717) is 11.3 Å². The first-order valence-corrected chi connectivity index (χ1v) is 6.40. The molecule has 0 aromatic heterocycles. The van der Waals surface area contributed by atoms with Crippen molar-refractivity contribution in [1.82, 2.24) is 0 Å². The van der Waals surface area contributed by atoms with Gasteiger partial charge in [0.15, 0.2) is 0 Å². The lowest BCUT2D eigenvalue weighted by atomic mass is 10.1. The van der Waals surface area contributed by atoms with Gasteiger partial charge >= 0.3 is 0 Å². The summed E-state index contributed by atoms with van der Waals surface area (Å²) in [5, 5.41) is 0. The minimum Gasteiger partial charge on any atom is -0.399 e. The molecule has 0 heterocycles. The monoisotopic (exact) mass is 269 g/mol. The molecule has 0 unspecified atom stereocenters. The lowest BCUT2D eigenvalue weighted by molar-refractivity contribution is 0.100. The van der Waals surface area contributed by atoms with E-state index >= 15 is 0 Å². The third-order valence-electron chi connectivity index (χ3n) is 3.24. The van der Waals surface area contributed by atoms with Gasteiger partial charge in [-0.05, 0) is 55.3 Å². The molecule has 2 aromatic carbocycles. The van der Waals surface area contributed by atoms with Crippen LogP contribution < -0.4 is 16.4 Å². The van der Waals surface area contributed by atoms with Gasteiger partial charge in [0.2, 0.25) is 0 Å². The average molecular weight is 269 g/mol. The minimum absolute atomic E-state index is 0.423. The first-order valence-electron chi connectivity index (χ1n) is 6.40. The fraction of sp³-hybridized carbons (Fsp3) is 0.188. The number of rotatable bonds is 3. The smallest absolute Gasteiger partial charge is 0.250 e. The molecule has 1 amide bonds. The summed E-state index contributed by atoms with van der Waals surface area (Å²) in [4.78, 5) is 13.5. The fourth-order valence-corrected chi connectivity index (χ4v) is 2.33. The molecule has 4 N–H and O–H groups in total. The van der Waals surface area contributed by atoms with Crippen LogP contribution in [0.4, 0.5) is 17.1 Å². The van der Waals surface area contributed by atoms with Gasteiger partial charge in [0.1, 0.15) is 0 Å². The predicted octanol–water partition coefficient (Wildman–Crippen LogP) is 2.75. The van der Waals surface area contributed by atoms with Crippen LogP contribution in [0.1, 0.15) is 21.5 Å². The Balaban J connectivity index is 2.52.